The van der Waals surface area contributed by atoms with Crippen LogP contribution >= 0.6 is 0 Å². The second kappa shape index (κ2) is 11.8. The normalized spacial score (nSPS) is 15.0. The summed E-state index contributed by atoms with van der Waals surface area (Å²) in [7, 11) is 11.4. The average Bonchev–Trinajstić information content (AvgIpc) is 2.41. The minimum absolute atomic E-state index is 0.0474. The van der Waals surface area contributed by atoms with E-state index in [1.54, 1.807) is 0 Å². The summed E-state index contributed by atoms with van der Waals surface area (Å²) in [6, 6.07) is 0. The predicted molar refractivity (Wildman–Crippen MR) is 94.7 cm³/mol. The van der Waals surface area contributed by atoms with Gasteiger partial charge in [-0.15, -0.1) is 0 Å². The smallest absolute Gasteiger partial charge is 0.338 e. The summed E-state index contributed by atoms with van der Waals surface area (Å²) in [6.45, 7) is 1.03. The van der Waals surface area contributed by atoms with Crippen molar-refractivity contribution < 1.29 is 53.6 Å². The number of carbonyl (C=O) groups excluding carboxylic acids is 1. The van der Waals surface area contributed by atoms with Crippen LogP contribution in [0.5, 0.6) is 0 Å². The molecule has 3 atom stereocenters. The van der Waals surface area contributed by atoms with Crippen LogP contribution < -0.4 is 0 Å². The maximum absolute atomic E-state index is 11.1. The lowest BCUT2D eigenvalue weighted by Gasteiger charge is -2.25. The number of carboxylic acid groups (broad SMARTS) is 2. The minimum Gasteiger partial charge on any atom is -0.481 e. The van der Waals surface area contributed by atoms with E-state index in [4.69, 9.17) is 25.5 Å². The van der Waals surface area contributed by atoms with E-state index in [-0.39, 0.29) is 13.0 Å². The van der Waals surface area contributed by atoms with Gasteiger partial charge in [-0.3, -0.25) is 4.79 Å². The molecule has 27 heavy (non-hydrogen) atoms. The number of carbonyl (C=O) groups is 3. The van der Waals surface area contributed by atoms with Crippen molar-refractivity contribution in [3.8, 4) is 0 Å². The lowest BCUT2D eigenvalue weighted by molar-refractivity contribution is -0.873. The Kier molecular flexibility index (Phi) is 12.0. The van der Waals surface area contributed by atoms with Gasteiger partial charge in [0.05, 0.1) is 48.7 Å². The number of esters is 1. The molecule has 5 N–H and O–H groups in total. The Morgan fingerprint density at radius 2 is 1.33 bits per heavy atom. The van der Waals surface area contributed by atoms with Crippen LogP contribution in [0.2, 0.25) is 0 Å². The molecule has 0 aliphatic heterocycles. The number of quaternary nitrogens is 2. The molecule has 0 amide bonds. The molecule has 11 heteroatoms. The number of hydrogen-bond acceptors (Lipinski definition) is 7. The molecular formula is C16H34N2O9+2. The molecule has 0 aromatic rings. The number of hydrogen-bond donors (Lipinski definition) is 5. The van der Waals surface area contributed by atoms with Crippen molar-refractivity contribution in [2.24, 2.45) is 0 Å². The molecule has 0 rings (SSSR count). The Bertz CT molecular complexity index is 483. The van der Waals surface area contributed by atoms with E-state index in [0.717, 1.165) is 0 Å². The highest BCUT2D eigenvalue weighted by Crippen LogP contribution is 1.99. The zero-order chi connectivity index (χ0) is 22.0. The Morgan fingerprint density at radius 1 is 0.852 bits per heavy atom. The van der Waals surface area contributed by atoms with Crippen molar-refractivity contribution in [2.75, 3.05) is 62.0 Å². The maximum atomic E-state index is 11.1. The SMILES string of the molecule is C[N+](C)(C)CC(O)CC(=O)O.C[N+](C)(C)CCOC(=O)C(O)C(O)C(=O)O. The molecule has 160 valence electrons. The first-order valence-electron chi connectivity index (χ1n) is 8.22. The van der Waals surface area contributed by atoms with Gasteiger partial charge in [-0.05, 0) is 0 Å². The number of aliphatic hydroxyl groups is 3. The highest BCUT2D eigenvalue weighted by molar-refractivity contribution is 5.84. The number of aliphatic hydroxyl groups excluding tert-OH is 3. The van der Waals surface area contributed by atoms with E-state index in [9.17, 15) is 14.4 Å². The van der Waals surface area contributed by atoms with Crippen molar-refractivity contribution in [1.29, 1.82) is 0 Å². The minimum atomic E-state index is -2.16. The molecule has 0 aliphatic carbocycles. The summed E-state index contributed by atoms with van der Waals surface area (Å²) >= 11 is 0. The zero-order valence-corrected chi connectivity index (χ0v) is 16.8. The first kappa shape index (κ1) is 27.4. The Hall–Kier alpha value is -1.79. The van der Waals surface area contributed by atoms with Crippen LogP contribution in [0.1, 0.15) is 6.42 Å². The van der Waals surface area contributed by atoms with E-state index in [0.29, 0.717) is 22.1 Å². The van der Waals surface area contributed by atoms with Gasteiger partial charge in [-0.1, -0.05) is 0 Å². The fourth-order valence-electron chi connectivity index (χ4n) is 1.67. The number of carboxylic acids is 2. The van der Waals surface area contributed by atoms with E-state index in [2.05, 4.69) is 4.74 Å². The van der Waals surface area contributed by atoms with Gasteiger partial charge < -0.3 is 39.2 Å². The van der Waals surface area contributed by atoms with E-state index in [1.165, 1.54) is 0 Å². The van der Waals surface area contributed by atoms with Crippen LogP contribution in [-0.4, -0.2) is 133 Å². The summed E-state index contributed by atoms with van der Waals surface area (Å²) in [4.78, 5) is 31.5. The second-order valence-corrected chi connectivity index (χ2v) is 8.13. The van der Waals surface area contributed by atoms with Crippen LogP contribution in [0, 0.1) is 0 Å². The molecule has 0 radical (unpaired) electrons. The molecule has 0 aromatic carbocycles. The molecule has 0 saturated carbocycles. The topological polar surface area (TPSA) is 162 Å². The predicted octanol–water partition coefficient (Wildman–Crippen LogP) is -2.43. The maximum Gasteiger partial charge on any atom is 0.338 e. The van der Waals surface area contributed by atoms with Crippen molar-refractivity contribution in [3.63, 3.8) is 0 Å². The Morgan fingerprint density at radius 3 is 1.67 bits per heavy atom. The second-order valence-electron chi connectivity index (χ2n) is 8.13. The summed E-state index contributed by atoms with van der Waals surface area (Å²) in [5.74, 6) is -3.76. The zero-order valence-electron chi connectivity index (χ0n) is 16.8. The number of ether oxygens (including phenoxy) is 1. The molecule has 0 spiro atoms. The molecule has 0 fully saturated rings. The fourth-order valence-corrected chi connectivity index (χ4v) is 1.67. The molecule has 0 heterocycles. The summed E-state index contributed by atoms with van der Waals surface area (Å²) in [6.07, 6.45) is -5.12. The monoisotopic (exact) mass is 398 g/mol. The molecule has 3 unspecified atom stereocenters. The van der Waals surface area contributed by atoms with Gasteiger partial charge >= 0.3 is 17.9 Å². The molecule has 11 nitrogen and oxygen atoms in total. The lowest BCUT2D eigenvalue weighted by Crippen LogP contribution is -2.42. The van der Waals surface area contributed by atoms with Crippen LogP contribution in [-0.2, 0) is 19.1 Å². The summed E-state index contributed by atoms with van der Waals surface area (Å²) in [5, 5.41) is 43.8. The Labute approximate surface area is 159 Å². The first-order valence-corrected chi connectivity index (χ1v) is 8.22. The van der Waals surface area contributed by atoms with E-state index >= 15 is 0 Å². The van der Waals surface area contributed by atoms with Crippen LogP contribution in [0.25, 0.3) is 0 Å². The van der Waals surface area contributed by atoms with Gasteiger partial charge in [0, 0.05) is 0 Å². The third-order valence-corrected chi connectivity index (χ3v) is 2.97. The van der Waals surface area contributed by atoms with Crippen molar-refractivity contribution in [3.05, 3.63) is 0 Å². The quantitative estimate of drug-likeness (QED) is 0.199. The van der Waals surface area contributed by atoms with Gasteiger partial charge in [-0.2, -0.15) is 0 Å². The van der Waals surface area contributed by atoms with Gasteiger partial charge in [0.25, 0.3) is 0 Å². The average molecular weight is 398 g/mol. The number of nitrogens with zero attached hydrogens (tertiary/aromatic N) is 2. The molecule has 0 bridgehead atoms. The van der Waals surface area contributed by atoms with Gasteiger partial charge in [-0.25, -0.2) is 9.59 Å². The third-order valence-electron chi connectivity index (χ3n) is 2.97. The van der Waals surface area contributed by atoms with Crippen molar-refractivity contribution >= 4 is 17.9 Å². The number of likely N-dealkylation sites (N-methyl/N-ethyl adjacent to an activating group) is 2. The highest BCUT2D eigenvalue weighted by Gasteiger charge is 2.31. The largest absolute Gasteiger partial charge is 0.481 e. The molecule has 0 aliphatic rings. The highest BCUT2D eigenvalue weighted by atomic mass is 16.6. The Balaban J connectivity index is 0. The van der Waals surface area contributed by atoms with Gasteiger partial charge in [0.15, 0.2) is 12.2 Å². The van der Waals surface area contributed by atoms with Crippen LogP contribution in [0.4, 0.5) is 0 Å². The summed E-state index contributed by atoms with van der Waals surface area (Å²) < 4.78 is 5.76. The number of rotatable bonds is 10. The van der Waals surface area contributed by atoms with Crippen molar-refractivity contribution in [2.45, 2.75) is 24.7 Å². The van der Waals surface area contributed by atoms with Gasteiger partial charge in [0.1, 0.15) is 25.8 Å². The molecule has 0 aromatic heterocycles. The van der Waals surface area contributed by atoms with Crippen molar-refractivity contribution in [1.82, 2.24) is 0 Å². The van der Waals surface area contributed by atoms with Gasteiger partial charge in [0.2, 0.25) is 0 Å². The molecule has 0 saturated heterocycles. The first-order chi connectivity index (χ1) is 12.0. The fraction of sp³-hybridized carbons (Fsp3) is 0.812. The number of aliphatic carboxylic acids is 2. The lowest BCUT2D eigenvalue weighted by atomic mass is 10.2. The van der Waals surface area contributed by atoms with E-state index in [1.807, 2.05) is 42.3 Å². The van der Waals surface area contributed by atoms with Crippen LogP contribution in [0.3, 0.4) is 0 Å². The molecular weight excluding hydrogens is 364 g/mol. The summed E-state index contributed by atoms with van der Waals surface area (Å²) in [5.41, 5.74) is 0. The van der Waals surface area contributed by atoms with Crippen LogP contribution in [0.15, 0.2) is 0 Å². The third kappa shape index (κ3) is 17.4. The van der Waals surface area contributed by atoms with E-state index < -0.39 is 36.2 Å². The standard InChI is InChI=1S/C9H17NO6.C7H15NO3/c1-10(2,3)4-5-16-9(15)7(12)6(11)8(13)14;1-8(2,3)5-6(9)4-7(10)11/h6-7,11-12H,4-5H2,1-3H3;6,9H,4-5H2,1-3H3/p+2.